The summed E-state index contributed by atoms with van der Waals surface area (Å²) in [4.78, 5) is 13.0. The molecule has 0 saturated carbocycles. The number of aryl methyl sites for hydroxylation is 2. The quantitative estimate of drug-likeness (QED) is 0.344. The highest BCUT2D eigenvalue weighted by Gasteiger charge is 2.14. The van der Waals surface area contributed by atoms with Crippen LogP contribution in [0.5, 0.6) is 0 Å². The number of tetrazole rings is 1. The lowest BCUT2D eigenvalue weighted by molar-refractivity contribution is 0.544. The minimum atomic E-state index is -0.0119. The van der Waals surface area contributed by atoms with Gasteiger partial charge in [0.2, 0.25) is 0 Å². The van der Waals surface area contributed by atoms with Crippen molar-refractivity contribution in [2.24, 2.45) is 0 Å². The van der Waals surface area contributed by atoms with Gasteiger partial charge in [0.05, 0.1) is 6.54 Å². The molecule has 8 nitrogen and oxygen atoms in total. The summed E-state index contributed by atoms with van der Waals surface area (Å²) in [7, 11) is 0. The summed E-state index contributed by atoms with van der Waals surface area (Å²) in [5.74, 6) is 1.52. The molecule has 1 N–H and O–H groups in total. The van der Waals surface area contributed by atoms with Gasteiger partial charge in [0.15, 0.2) is 5.82 Å². The van der Waals surface area contributed by atoms with Gasteiger partial charge in [0.1, 0.15) is 5.82 Å². The summed E-state index contributed by atoms with van der Waals surface area (Å²) in [6.45, 7) is 5.52. The Morgan fingerprint density at radius 2 is 1.67 bits per heavy atom. The predicted molar refractivity (Wildman–Crippen MR) is 129 cm³/mol. The summed E-state index contributed by atoms with van der Waals surface area (Å²) in [5, 5.41) is 19.0. The number of unbranched alkanes of at least 4 members (excludes halogenated alkanes) is 3. The second-order valence-corrected chi connectivity index (χ2v) is 8.31. The van der Waals surface area contributed by atoms with Crippen molar-refractivity contribution >= 4 is 0 Å². The molecule has 0 spiro atoms. The second kappa shape index (κ2) is 10.8. The van der Waals surface area contributed by atoms with Crippen molar-refractivity contribution in [2.75, 3.05) is 0 Å². The molecule has 172 valence electrons. The first kappa shape index (κ1) is 22.6. The van der Waals surface area contributed by atoms with Crippen LogP contribution in [-0.2, 0) is 19.5 Å². The van der Waals surface area contributed by atoms with Crippen molar-refractivity contribution in [3.8, 4) is 22.5 Å². The van der Waals surface area contributed by atoms with Gasteiger partial charge in [-0.15, -0.1) is 5.10 Å². The van der Waals surface area contributed by atoms with E-state index in [1.807, 2.05) is 22.8 Å². The van der Waals surface area contributed by atoms with Crippen LogP contribution in [0.1, 0.15) is 57.3 Å². The van der Waals surface area contributed by atoms with Crippen LogP contribution < -0.4 is 5.69 Å². The molecular formula is C25H31N7O. The first-order valence-electron chi connectivity index (χ1n) is 11.8. The summed E-state index contributed by atoms with van der Waals surface area (Å²) >= 11 is 0. The molecule has 0 aliphatic heterocycles. The Kier molecular flexibility index (Phi) is 7.44. The highest BCUT2D eigenvalue weighted by atomic mass is 16.2. The van der Waals surface area contributed by atoms with Crippen molar-refractivity contribution in [1.82, 2.24) is 35.0 Å². The zero-order valence-electron chi connectivity index (χ0n) is 19.4. The maximum atomic E-state index is 13.0. The molecule has 0 saturated heterocycles. The molecule has 0 bridgehead atoms. The first-order valence-corrected chi connectivity index (χ1v) is 11.8. The van der Waals surface area contributed by atoms with Gasteiger partial charge >= 0.3 is 5.69 Å². The number of benzene rings is 2. The molecule has 33 heavy (non-hydrogen) atoms. The minimum absolute atomic E-state index is 0.0119. The minimum Gasteiger partial charge on any atom is -0.274 e. The smallest absolute Gasteiger partial charge is 0.274 e. The fraction of sp³-hybridized carbons (Fsp3) is 0.400. The Balaban J connectivity index is 1.59. The molecule has 0 atom stereocenters. The van der Waals surface area contributed by atoms with Crippen molar-refractivity contribution in [1.29, 1.82) is 0 Å². The average Bonchev–Trinajstić information content (AvgIpc) is 3.48. The van der Waals surface area contributed by atoms with Crippen LogP contribution in [-0.4, -0.2) is 35.0 Å². The van der Waals surface area contributed by atoms with Crippen LogP contribution in [0.25, 0.3) is 22.5 Å². The highest BCUT2D eigenvalue weighted by molar-refractivity contribution is 5.80. The molecule has 2 aromatic heterocycles. The van der Waals surface area contributed by atoms with E-state index in [2.05, 4.69) is 69.9 Å². The Hall–Kier alpha value is -3.55. The number of H-pyrrole nitrogens is 1. The van der Waals surface area contributed by atoms with Crippen LogP contribution in [0, 0.1) is 0 Å². The van der Waals surface area contributed by atoms with E-state index in [1.54, 1.807) is 4.68 Å². The third-order valence-electron chi connectivity index (χ3n) is 5.86. The third-order valence-corrected chi connectivity index (χ3v) is 5.86. The molecule has 0 unspecified atom stereocenters. The van der Waals surface area contributed by atoms with E-state index in [1.165, 1.54) is 0 Å². The molecule has 0 aliphatic rings. The second-order valence-electron chi connectivity index (χ2n) is 8.31. The fourth-order valence-electron chi connectivity index (χ4n) is 4.00. The zero-order chi connectivity index (χ0) is 23.0. The van der Waals surface area contributed by atoms with Gasteiger partial charge in [-0.05, 0) is 40.0 Å². The Morgan fingerprint density at radius 3 is 2.36 bits per heavy atom. The normalized spacial score (nSPS) is 11.2. The third kappa shape index (κ3) is 5.27. The molecular weight excluding hydrogens is 414 g/mol. The van der Waals surface area contributed by atoms with E-state index in [0.717, 1.165) is 66.6 Å². The van der Waals surface area contributed by atoms with Gasteiger partial charge < -0.3 is 0 Å². The van der Waals surface area contributed by atoms with Gasteiger partial charge in [0, 0.05) is 18.5 Å². The monoisotopic (exact) mass is 445 g/mol. The number of hydrogen-bond acceptors (Lipinski definition) is 5. The van der Waals surface area contributed by atoms with Crippen LogP contribution in [0.4, 0.5) is 0 Å². The van der Waals surface area contributed by atoms with Gasteiger partial charge in [0.25, 0.3) is 0 Å². The molecule has 4 rings (SSSR count). The molecule has 4 aromatic rings. The van der Waals surface area contributed by atoms with Crippen molar-refractivity contribution < 1.29 is 0 Å². The molecule has 2 aromatic carbocycles. The first-order chi connectivity index (χ1) is 16.2. The number of nitrogens with zero attached hydrogens (tertiary/aromatic N) is 6. The van der Waals surface area contributed by atoms with E-state index in [0.29, 0.717) is 18.9 Å². The van der Waals surface area contributed by atoms with Crippen LogP contribution in [0.15, 0.2) is 53.3 Å². The Labute approximate surface area is 193 Å². The topological polar surface area (TPSA) is 94.3 Å². The number of aromatic nitrogens is 7. The standard InChI is InChI=1S/C25H31N7O/c1-3-5-7-12-23-28-32(17-6-4-2)25(33)31(23)18-19-13-15-20(16-14-19)21-10-8-9-11-22(21)24-26-29-30-27-24/h8-11,13-16H,3-7,12,17-18H2,1-2H3,(H,26,27,29,30). The SMILES string of the molecule is CCCCCc1nn(CCCC)c(=O)n1Cc1ccc(-c2ccccc2-c2nnn[nH]2)cc1. The largest absolute Gasteiger partial charge is 0.346 e. The Morgan fingerprint density at radius 1 is 0.909 bits per heavy atom. The van der Waals surface area contributed by atoms with Gasteiger partial charge in [-0.3, -0.25) is 4.57 Å². The summed E-state index contributed by atoms with van der Waals surface area (Å²) in [6, 6.07) is 16.4. The lowest BCUT2D eigenvalue weighted by Gasteiger charge is -2.09. The number of aromatic amines is 1. The van der Waals surface area contributed by atoms with Crippen LogP contribution >= 0.6 is 0 Å². The maximum absolute atomic E-state index is 13.0. The van der Waals surface area contributed by atoms with Crippen LogP contribution in [0.3, 0.4) is 0 Å². The van der Waals surface area contributed by atoms with Gasteiger partial charge in [-0.25, -0.2) is 14.6 Å². The summed E-state index contributed by atoms with van der Waals surface area (Å²) in [6.07, 6.45) is 6.17. The average molecular weight is 446 g/mol. The van der Waals surface area contributed by atoms with E-state index in [-0.39, 0.29) is 5.69 Å². The highest BCUT2D eigenvalue weighted by Crippen LogP contribution is 2.29. The van der Waals surface area contributed by atoms with E-state index >= 15 is 0 Å². The molecule has 0 radical (unpaired) electrons. The molecule has 8 heteroatoms. The number of rotatable bonds is 11. The van der Waals surface area contributed by atoms with Gasteiger partial charge in [-0.2, -0.15) is 5.10 Å². The van der Waals surface area contributed by atoms with Crippen molar-refractivity contribution in [3.05, 3.63) is 70.4 Å². The van der Waals surface area contributed by atoms with Gasteiger partial charge in [-0.1, -0.05) is 81.6 Å². The summed E-state index contributed by atoms with van der Waals surface area (Å²) in [5.41, 5.74) is 4.13. The maximum Gasteiger partial charge on any atom is 0.346 e. The summed E-state index contributed by atoms with van der Waals surface area (Å²) < 4.78 is 3.48. The van der Waals surface area contributed by atoms with Crippen molar-refractivity contribution in [3.63, 3.8) is 0 Å². The fourth-order valence-corrected chi connectivity index (χ4v) is 4.00. The number of nitrogens with one attached hydrogen (secondary N) is 1. The lowest BCUT2D eigenvalue weighted by Crippen LogP contribution is -2.26. The predicted octanol–water partition coefficient (Wildman–Crippen LogP) is 4.47. The lowest BCUT2D eigenvalue weighted by atomic mass is 9.98. The van der Waals surface area contributed by atoms with E-state index < -0.39 is 0 Å². The van der Waals surface area contributed by atoms with E-state index in [4.69, 9.17) is 0 Å². The van der Waals surface area contributed by atoms with E-state index in [9.17, 15) is 4.79 Å². The number of hydrogen-bond donors (Lipinski definition) is 1. The Bertz CT molecular complexity index is 1210. The molecule has 0 fully saturated rings. The molecule has 0 aliphatic carbocycles. The molecule has 0 amide bonds. The zero-order valence-corrected chi connectivity index (χ0v) is 19.4. The van der Waals surface area contributed by atoms with Crippen LogP contribution in [0.2, 0.25) is 0 Å². The molecule has 2 heterocycles. The van der Waals surface area contributed by atoms with Crippen molar-refractivity contribution in [2.45, 2.75) is 65.5 Å².